The molecule has 182 valence electrons. The number of thiazole rings is 1. The van der Waals surface area contributed by atoms with Crippen LogP contribution in [-0.4, -0.2) is 40.4 Å². The minimum absolute atomic E-state index is 0.128. The fraction of sp³-hybridized carbons (Fsp3) is 0.292. The van der Waals surface area contributed by atoms with Crippen molar-refractivity contribution in [3.8, 4) is 0 Å². The van der Waals surface area contributed by atoms with Crippen LogP contribution in [0.4, 0.5) is 10.3 Å². The standard InChI is InChI=1S/C24H24FN5O3S2/c1-14(17-11-18(25)13-26-12-17)27-24-29-21(22-23(30-24)28-15(2)34-22)20(31)6-4-5-16-7-9-19(10-8-16)35(3,32)33/h7-14H,4-6H2,1-3H3,(H,27,29,30)/t14-/m0/s1. The number of rotatable bonds is 9. The van der Waals surface area contributed by atoms with Crippen molar-refractivity contribution in [3.05, 3.63) is 70.4 Å². The molecule has 11 heteroatoms. The summed E-state index contributed by atoms with van der Waals surface area (Å²) in [6, 6.07) is 7.72. The number of ketones is 1. The van der Waals surface area contributed by atoms with Gasteiger partial charge in [0.1, 0.15) is 16.2 Å². The Hall–Kier alpha value is -3.31. The topological polar surface area (TPSA) is 115 Å². The molecule has 0 unspecified atom stereocenters. The summed E-state index contributed by atoms with van der Waals surface area (Å²) in [5, 5.41) is 3.89. The Kier molecular flexibility index (Phi) is 7.18. The van der Waals surface area contributed by atoms with Crippen LogP contribution in [0.25, 0.3) is 10.3 Å². The first kappa shape index (κ1) is 24.8. The predicted molar refractivity (Wildman–Crippen MR) is 133 cm³/mol. The molecule has 0 saturated heterocycles. The van der Waals surface area contributed by atoms with Gasteiger partial charge in [-0.2, -0.15) is 4.98 Å². The lowest BCUT2D eigenvalue weighted by molar-refractivity contribution is 0.0977. The number of halogens is 1. The molecule has 0 fully saturated rings. The second-order valence-corrected chi connectivity index (χ2v) is 11.5. The van der Waals surface area contributed by atoms with Crippen molar-refractivity contribution in [3.63, 3.8) is 0 Å². The van der Waals surface area contributed by atoms with Gasteiger partial charge in [0.15, 0.2) is 21.3 Å². The quantitative estimate of drug-likeness (QED) is 0.320. The average Bonchev–Trinajstić information content (AvgIpc) is 3.18. The smallest absolute Gasteiger partial charge is 0.225 e. The normalized spacial score (nSPS) is 12.6. The third-order valence-electron chi connectivity index (χ3n) is 5.42. The van der Waals surface area contributed by atoms with Gasteiger partial charge in [-0.3, -0.25) is 9.78 Å². The van der Waals surface area contributed by atoms with Gasteiger partial charge in [0.2, 0.25) is 5.95 Å². The Balaban J connectivity index is 1.49. The number of benzene rings is 1. The number of pyridine rings is 1. The molecule has 0 saturated carbocycles. The SMILES string of the molecule is Cc1nc2nc(N[C@@H](C)c3cncc(F)c3)nc(C(=O)CCCc3ccc(S(C)(=O)=O)cc3)c2s1. The third kappa shape index (κ3) is 6.04. The van der Waals surface area contributed by atoms with E-state index in [4.69, 9.17) is 0 Å². The number of hydrogen-bond acceptors (Lipinski definition) is 9. The molecule has 3 aromatic heterocycles. The molecule has 0 aliphatic heterocycles. The summed E-state index contributed by atoms with van der Waals surface area (Å²) in [5.41, 5.74) is 2.32. The number of carbonyl (C=O) groups excluding carboxylic acids is 1. The van der Waals surface area contributed by atoms with Crippen molar-refractivity contribution in [1.29, 1.82) is 0 Å². The Bertz CT molecular complexity index is 1490. The molecule has 0 aliphatic rings. The number of carbonyl (C=O) groups is 1. The maximum absolute atomic E-state index is 13.6. The molecule has 1 N–H and O–H groups in total. The summed E-state index contributed by atoms with van der Waals surface area (Å²) >= 11 is 1.37. The zero-order chi connectivity index (χ0) is 25.2. The van der Waals surface area contributed by atoms with Crippen molar-refractivity contribution in [2.75, 3.05) is 11.6 Å². The van der Waals surface area contributed by atoms with Crippen LogP contribution in [0.3, 0.4) is 0 Å². The first-order chi connectivity index (χ1) is 16.6. The molecule has 0 bridgehead atoms. The number of sulfone groups is 1. The molecule has 0 spiro atoms. The van der Waals surface area contributed by atoms with Gasteiger partial charge < -0.3 is 5.32 Å². The van der Waals surface area contributed by atoms with E-state index < -0.39 is 15.7 Å². The highest BCUT2D eigenvalue weighted by Gasteiger charge is 2.19. The van der Waals surface area contributed by atoms with Gasteiger partial charge >= 0.3 is 0 Å². The minimum Gasteiger partial charge on any atom is -0.348 e. The highest BCUT2D eigenvalue weighted by molar-refractivity contribution is 7.90. The van der Waals surface area contributed by atoms with Crippen LogP contribution in [0.1, 0.15) is 52.4 Å². The second-order valence-electron chi connectivity index (χ2n) is 8.28. The number of nitrogens with zero attached hydrogens (tertiary/aromatic N) is 4. The van der Waals surface area contributed by atoms with Crippen LogP contribution in [0.2, 0.25) is 0 Å². The summed E-state index contributed by atoms with van der Waals surface area (Å²) < 4.78 is 37.4. The number of aromatic nitrogens is 4. The van der Waals surface area contributed by atoms with E-state index in [1.165, 1.54) is 23.7 Å². The first-order valence-electron chi connectivity index (χ1n) is 10.9. The van der Waals surface area contributed by atoms with Crippen molar-refractivity contribution < 1.29 is 17.6 Å². The fourth-order valence-corrected chi connectivity index (χ4v) is 5.10. The Morgan fingerprint density at radius 3 is 2.57 bits per heavy atom. The lowest BCUT2D eigenvalue weighted by atomic mass is 10.1. The van der Waals surface area contributed by atoms with Gasteiger partial charge in [-0.05, 0) is 56.0 Å². The van der Waals surface area contributed by atoms with Crippen LogP contribution in [0, 0.1) is 12.7 Å². The molecule has 1 atom stereocenters. The summed E-state index contributed by atoms with van der Waals surface area (Å²) in [4.78, 5) is 30.6. The average molecular weight is 514 g/mol. The molecule has 0 amide bonds. The highest BCUT2D eigenvalue weighted by Crippen LogP contribution is 2.27. The fourth-order valence-electron chi connectivity index (χ4n) is 3.60. The van der Waals surface area contributed by atoms with Crippen LogP contribution in [0.15, 0.2) is 47.6 Å². The maximum atomic E-state index is 13.6. The van der Waals surface area contributed by atoms with Crippen LogP contribution in [-0.2, 0) is 16.3 Å². The van der Waals surface area contributed by atoms with E-state index >= 15 is 0 Å². The number of nitrogens with one attached hydrogen (secondary N) is 1. The van der Waals surface area contributed by atoms with Crippen molar-refractivity contribution >= 4 is 43.3 Å². The zero-order valence-electron chi connectivity index (χ0n) is 19.4. The number of hydrogen-bond donors (Lipinski definition) is 1. The maximum Gasteiger partial charge on any atom is 0.225 e. The first-order valence-corrected chi connectivity index (χ1v) is 13.7. The Morgan fingerprint density at radius 2 is 1.89 bits per heavy atom. The Morgan fingerprint density at radius 1 is 1.14 bits per heavy atom. The molecule has 3 heterocycles. The third-order valence-corrected chi connectivity index (χ3v) is 7.51. The van der Waals surface area contributed by atoms with Gasteiger partial charge in [0.05, 0.1) is 22.1 Å². The second kappa shape index (κ2) is 10.1. The molecule has 8 nitrogen and oxygen atoms in total. The van der Waals surface area contributed by atoms with E-state index in [-0.39, 0.29) is 29.1 Å². The van der Waals surface area contributed by atoms with Gasteiger partial charge in [-0.15, -0.1) is 11.3 Å². The van der Waals surface area contributed by atoms with Gasteiger partial charge in [-0.1, -0.05) is 12.1 Å². The number of aryl methyl sites for hydroxylation is 2. The Labute approximate surface area is 206 Å². The van der Waals surface area contributed by atoms with Crippen molar-refractivity contribution in [2.24, 2.45) is 0 Å². The van der Waals surface area contributed by atoms with Gasteiger partial charge in [0, 0.05) is 18.9 Å². The minimum atomic E-state index is -3.24. The van der Waals surface area contributed by atoms with E-state index in [0.717, 1.165) is 16.8 Å². The number of Topliss-reactive ketones (excluding diaryl/α,β-unsaturated/α-hetero) is 1. The molecular weight excluding hydrogens is 489 g/mol. The molecule has 0 aliphatic carbocycles. The van der Waals surface area contributed by atoms with E-state index in [9.17, 15) is 17.6 Å². The van der Waals surface area contributed by atoms with Crippen LogP contribution >= 0.6 is 11.3 Å². The summed E-state index contributed by atoms with van der Waals surface area (Å²) in [6.07, 6.45) is 5.33. The van der Waals surface area contributed by atoms with Crippen LogP contribution in [0.5, 0.6) is 0 Å². The lowest BCUT2D eigenvalue weighted by Crippen LogP contribution is -2.13. The molecular formula is C24H24FN5O3S2. The van der Waals surface area contributed by atoms with Gasteiger partial charge in [-0.25, -0.2) is 22.8 Å². The van der Waals surface area contributed by atoms with E-state index in [0.29, 0.717) is 34.4 Å². The highest BCUT2D eigenvalue weighted by atomic mass is 32.2. The number of anilines is 1. The number of fused-ring (bicyclic) bond motifs is 1. The van der Waals surface area contributed by atoms with Crippen LogP contribution < -0.4 is 5.32 Å². The molecule has 1 aromatic carbocycles. The van der Waals surface area contributed by atoms with E-state index in [1.807, 2.05) is 13.8 Å². The molecule has 35 heavy (non-hydrogen) atoms. The van der Waals surface area contributed by atoms with E-state index in [1.54, 1.807) is 30.5 Å². The predicted octanol–water partition coefficient (Wildman–Crippen LogP) is 4.71. The monoisotopic (exact) mass is 513 g/mol. The summed E-state index contributed by atoms with van der Waals surface area (Å²) in [6.45, 7) is 3.67. The summed E-state index contributed by atoms with van der Waals surface area (Å²) in [5.74, 6) is -0.333. The summed E-state index contributed by atoms with van der Waals surface area (Å²) in [7, 11) is -3.24. The largest absolute Gasteiger partial charge is 0.348 e. The molecule has 4 aromatic rings. The van der Waals surface area contributed by atoms with Crippen molar-refractivity contribution in [2.45, 2.75) is 44.0 Å². The molecule has 4 rings (SSSR count). The zero-order valence-corrected chi connectivity index (χ0v) is 21.1. The molecule has 0 radical (unpaired) electrons. The van der Waals surface area contributed by atoms with Gasteiger partial charge in [0.25, 0.3) is 0 Å². The van der Waals surface area contributed by atoms with E-state index in [2.05, 4.69) is 25.3 Å². The lowest BCUT2D eigenvalue weighted by Gasteiger charge is -2.14. The van der Waals surface area contributed by atoms with Crippen molar-refractivity contribution in [1.82, 2.24) is 19.9 Å².